The van der Waals surface area contributed by atoms with Crippen LogP contribution >= 0.6 is 0 Å². The molecule has 0 radical (unpaired) electrons. The zero-order chi connectivity index (χ0) is 18.4. The van der Waals surface area contributed by atoms with Crippen LogP contribution in [-0.4, -0.2) is 30.4 Å². The Hall–Kier alpha value is -1.69. The number of alkyl carbamates (subject to hydrolysis) is 1. The highest BCUT2D eigenvalue weighted by Crippen LogP contribution is 2.25. The lowest BCUT2D eigenvalue weighted by Gasteiger charge is -2.30. The van der Waals surface area contributed by atoms with Gasteiger partial charge in [-0.2, -0.15) is 0 Å². The van der Waals surface area contributed by atoms with Crippen molar-refractivity contribution in [1.82, 2.24) is 5.32 Å². The monoisotopic (exact) mass is 355 g/mol. The molecule has 25 heavy (non-hydrogen) atoms. The molecule has 4 nitrogen and oxygen atoms in total. The molecule has 1 aliphatic rings. The summed E-state index contributed by atoms with van der Waals surface area (Å²) >= 11 is 0. The predicted molar refractivity (Wildman–Crippen MR) is 91.6 cm³/mol. The molecule has 0 aliphatic heterocycles. The van der Waals surface area contributed by atoms with E-state index >= 15 is 0 Å². The van der Waals surface area contributed by atoms with Crippen LogP contribution in [0.2, 0.25) is 0 Å². The molecule has 1 atom stereocenters. The van der Waals surface area contributed by atoms with E-state index in [0.29, 0.717) is 0 Å². The Labute approximate surface area is 147 Å². The van der Waals surface area contributed by atoms with E-state index in [1.54, 1.807) is 6.07 Å². The second-order valence-corrected chi connectivity index (χ2v) is 7.44. The number of amides is 1. The Bertz CT molecular complexity index is 566. The number of carbonyl (C=O) groups excluding carboxylic acids is 1. The van der Waals surface area contributed by atoms with Crippen LogP contribution in [0.5, 0.6) is 0 Å². The van der Waals surface area contributed by atoms with E-state index < -0.39 is 23.7 Å². The minimum absolute atomic E-state index is 0.0304. The number of halogens is 2. The van der Waals surface area contributed by atoms with E-state index in [2.05, 4.69) is 5.32 Å². The van der Waals surface area contributed by atoms with Crippen LogP contribution in [0.4, 0.5) is 13.6 Å². The van der Waals surface area contributed by atoms with Crippen molar-refractivity contribution in [3.8, 4) is 0 Å². The number of hydrogen-bond acceptors (Lipinski definition) is 3. The molecule has 0 saturated heterocycles. The van der Waals surface area contributed by atoms with Gasteiger partial charge in [-0.3, -0.25) is 0 Å². The smallest absolute Gasteiger partial charge is 0.407 e. The fourth-order valence-corrected chi connectivity index (χ4v) is 2.89. The molecule has 1 aliphatic carbocycles. The van der Waals surface area contributed by atoms with E-state index in [-0.39, 0.29) is 24.3 Å². The highest BCUT2D eigenvalue weighted by Gasteiger charge is 2.26. The summed E-state index contributed by atoms with van der Waals surface area (Å²) in [4.78, 5) is 11.8. The summed E-state index contributed by atoms with van der Waals surface area (Å²) in [5.74, 6) is -0.552. The molecule has 1 fully saturated rings. The molecule has 6 heteroatoms. The van der Waals surface area contributed by atoms with E-state index in [0.717, 1.165) is 25.7 Å². The highest BCUT2D eigenvalue weighted by atomic mass is 19.1. The zero-order valence-electron chi connectivity index (χ0n) is 15.1. The zero-order valence-corrected chi connectivity index (χ0v) is 15.1. The van der Waals surface area contributed by atoms with Crippen molar-refractivity contribution >= 4 is 6.09 Å². The quantitative estimate of drug-likeness (QED) is 0.834. The first-order chi connectivity index (χ1) is 11.7. The number of hydrogen-bond donors (Lipinski definition) is 1. The van der Waals surface area contributed by atoms with Crippen molar-refractivity contribution in [2.24, 2.45) is 0 Å². The van der Waals surface area contributed by atoms with Crippen molar-refractivity contribution in [2.45, 2.75) is 70.4 Å². The minimum atomic E-state index is -1.47. The summed E-state index contributed by atoms with van der Waals surface area (Å²) in [6, 6.07) is 5.87. The molecule has 1 amide bonds. The van der Waals surface area contributed by atoms with E-state index in [4.69, 9.17) is 9.47 Å². The van der Waals surface area contributed by atoms with Crippen LogP contribution in [0, 0.1) is 5.82 Å². The topological polar surface area (TPSA) is 47.6 Å². The average molecular weight is 355 g/mol. The molecule has 0 bridgehead atoms. The summed E-state index contributed by atoms with van der Waals surface area (Å²) in [5.41, 5.74) is -0.490. The number of rotatable bonds is 5. The molecule has 0 aromatic heterocycles. The maximum absolute atomic E-state index is 14.1. The molecule has 0 unspecified atom stereocenters. The summed E-state index contributed by atoms with van der Waals surface area (Å²) in [6.45, 7) is 5.30. The van der Waals surface area contributed by atoms with Crippen LogP contribution in [0.1, 0.15) is 58.2 Å². The number of benzene rings is 1. The minimum Gasteiger partial charge on any atom is -0.444 e. The largest absolute Gasteiger partial charge is 0.444 e. The third-order valence-electron chi connectivity index (χ3n) is 4.12. The standard InChI is InChI=1S/C19H27F2NO3/c1-19(2,3)25-18(23)22-13-8-10-14(11-9-13)24-12-17(21)15-6-4-5-7-16(15)20/h4-7,13-14,17H,8-12H2,1-3H3,(H,22,23)/t13?,14?,17-/m0/s1. The Kier molecular flexibility index (Phi) is 6.76. The van der Waals surface area contributed by atoms with Crippen LogP contribution in [0.15, 0.2) is 24.3 Å². The lowest BCUT2D eigenvalue weighted by atomic mass is 9.93. The average Bonchev–Trinajstić information content (AvgIpc) is 2.52. The van der Waals surface area contributed by atoms with Gasteiger partial charge in [0, 0.05) is 11.6 Å². The first kappa shape index (κ1) is 19.6. The van der Waals surface area contributed by atoms with Gasteiger partial charge in [-0.05, 0) is 52.5 Å². The molecule has 0 heterocycles. The van der Waals surface area contributed by atoms with E-state index in [9.17, 15) is 13.6 Å². The van der Waals surface area contributed by atoms with Gasteiger partial charge in [0.2, 0.25) is 0 Å². The maximum Gasteiger partial charge on any atom is 0.407 e. The molecule has 140 valence electrons. The lowest BCUT2D eigenvalue weighted by Crippen LogP contribution is -2.42. The van der Waals surface area contributed by atoms with Gasteiger partial charge in [-0.25, -0.2) is 13.6 Å². The fourth-order valence-electron chi connectivity index (χ4n) is 2.89. The first-order valence-corrected chi connectivity index (χ1v) is 8.74. The summed E-state index contributed by atoms with van der Waals surface area (Å²) in [6.07, 6.45) is 0.997. The van der Waals surface area contributed by atoms with E-state index in [1.165, 1.54) is 18.2 Å². The van der Waals surface area contributed by atoms with Gasteiger partial charge in [0.1, 0.15) is 11.4 Å². The summed E-state index contributed by atoms with van der Waals surface area (Å²) in [7, 11) is 0. The Balaban J connectivity index is 1.70. The summed E-state index contributed by atoms with van der Waals surface area (Å²) in [5, 5.41) is 2.85. The van der Waals surface area contributed by atoms with Gasteiger partial charge >= 0.3 is 6.09 Å². The van der Waals surface area contributed by atoms with Crippen molar-refractivity contribution < 1.29 is 23.0 Å². The fraction of sp³-hybridized carbons (Fsp3) is 0.632. The van der Waals surface area contributed by atoms with Crippen molar-refractivity contribution in [3.05, 3.63) is 35.6 Å². The SMILES string of the molecule is CC(C)(C)OC(=O)NC1CCC(OC[C@H](F)c2ccccc2F)CC1. The Morgan fingerprint density at radius 1 is 1.24 bits per heavy atom. The molecule has 1 aromatic rings. The van der Waals surface area contributed by atoms with Crippen LogP contribution < -0.4 is 5.32 Å². The third kappa shape index (κ3) is 6.61. The third-order valence-corrected chi connectivity index (χ3v) is 4.12. The Morgan fingerprint density at radius 3 is 2.48 bits per heavy atom. The van der Waals surface area contributed by atoms with Crippen molar-refractivity contribution in [3.63, 3.8) is 0 Å². The van der Waals surface area contributed by atoms with Gasteiger partial charge < -0.3 is 14.8 Å². The molecule has 0 spiro atoms. The van der Waals surface area contributed by atoms with Gasteiger partial charge in [-0.15, -0.1) is 0 Å². The maximum atomic E-state index is 14.1. The van der Waals surface area contributed by atoms with Crippen molar-refractivity contribution in [2.75, 3.05) is 6.61 Å². The van der Waals surface area contributed by atoms with Crippen LogP contribution in [0.3, 0.4) is 0 Å². The van der Waals surface area contributed by atoms with Crippen LogP contribution in [-0.2, 0) is 9.47 Å². The molecular formula is C19H27F2NO3. The molecule has 1 saturated carbocycles. The number of ether oxygens (including phenoxy) is 2. The second kappa shape index (κ2) is 8.61. The van der Waals surface area contributed by atoms with Crippen LogP contribution in [0.25, 0.3) is 0 Å². The number of nitrogens with one attached hydrogen (secondary N) is 1. The molecule has 1 aromatic carbocycles. The van der Waals surface area contributed by atoms with Gasteiger partial charge in [0.05, 0.1) is 12.7 Å². The first-order valence-electron chi connectivity index (χ1n) is 8.74. The lowest BCUT2D eigenvalue weighted by molar-refractivity contribution is -0.00735. The normalized spacial score (nSPS) is 22.3. The van der Waals surface area contributed by atoms with Crippen molar-refractivity contribution in [1.29, 1.82) is 0 Å². The molecule has 2 rings (SSSR count). The van der Waals surface area contributed by atoms with Gasteiger partial charge in [-0.1, -0.05) is 18.2 Å². The van der Waals surface area contributed by atoms with Gasteiger partial charge in [0.25, 0.3) is 0 Å². The summed E-state index contributed by atoms with van der Waals surface area (Å²) < 4.78 is 38.5. The molecule has 1 N–H and O–H groups in total. The molecular weight excluding hydrogens is 328 g/mol. The number of alkyl halides is 1. The highest BCUT2D eigenvalue weighted by molar-refractivity contribution is 5.68. The second-order valence-electron chi connectivity index (χ2n) is 7.44. The van der Waals surface area contributed by atoms with Gasteiger partial charge in [0.15, 0.2) is 6.17 Å². The predicted octanol–water partition coefficient (Wildman–Crippen LogP) is 4.69. The Morgan fingerprint density at radius 2 is 1.88 bits per heavy atom. The van der Waals surface area contributed by atoms with E-state index in [1.807, 2.05) is 20.8 Å². The number of carbonyl (C=O) groups is 1.